The number of hydrogen-bond donors (Lipinski definition) is 1. The van der Waals surface area contributed by atoms with E-state index in [0.29, 0.717) is 21.3 Å². The average Bonchev–Trinajstić information content (AvgIpc) is 2.56. The number of nitriles is 1. The van der Waals surface area contributed by atoms with Crippen molar-refractivity contribution >= 4 is 28.1 Å². The summed E-state index contributed by atoms with van der Waals surface area (Å²) in [5.74, 6) is -0.334. The van der Waals surface area contributed by atoms with E-state index in [1.54, 1.807) is 24.3 Å². The van der Waals surface area contributed by atoms with E-state index in [1.165, 1.54) is 24.4 Å². The molecule has 0 aromatic heterocycles. The van der Waals surface area contributed by atoms with E-state index in [1.807, 2.05) is 6.07 Å². The summed E-state index contributed by atoms with van der Waals surface area (Å²) in [5.41, 5.74) is 3.44. The zero-order valence-electron chi connectivity index (χ0n) is 11.8. The number of hydrazone groups is 1. The van der Waals surface area contributed by atoms with Crippen molar-refractivity contribution in [2.24, 2.45) is 5.10 Å². The van der Waals surface area contributed by atoms with Crippen LogP contribution in [0.25, 0.3) is 0 Å². The van der Waals surface area contributed by atoms with Gasteiger partial charge in [-0.2, -0.15) is 10.4 Å². The van der Waals surface area contributed by atoms with Crippen molar-refractivity contribution in [3.8, 4) is 11.8 Å². The van der Waals surface area contributed by atoms with Crippen molar-refractivity contribution < 1.29 is 13.9 Å². The van der Waals surface area contributed by atoms with E-state index in [0.717, 1.165) is 0 Å². The Kier molecular flexibility index (Phi) is 5.83. The van der Waals surface area contributed by atoms with E-state index < -0.39 is 5.91 Å². The van der Waals surface area contributed by atoms with Crippen LogP contribution in [0.15, 0.2) is 52.0 Å². The van der Waals surface area contributed by atoms with E-state index >= 15 is 0 Å². The molecule has 2 aromatic carbocycles. The minimum Gasteiger partial charge on any atom is -0.484 e. The van der Waals surface area contributed by atoms with Crippen LogP contribution in [-0.4, -0.2) is 18.7 Å². The molecule has 0 aliphatic rings. The van der Waals surface area contributed by atoms with Gasteiger partial charge in [-0.25, -0.2) is 9.82 Å². The third-order valence-corrected chi connectivity index (χ3v) is 3.31. The van der Waals surface area contributed by atoms with E-state index in [2.05, 4.69) is 26.5 Å². The summed E-state index contributed by atoms with van der Waals surface area (Å²) in [6.07, 6.45) is 1.39. The normalized spacial score (nSPS) is 10.3. The molecule has 1 N–H and O–H groups in total. The molecule has 116 valence electrons. The quantitative estimate of drug-likeness (QED) is 0.644. The Labute approximate surface area is 140 Å². The first kappa shape index (κ1) is 16.6. The molecule has 2 rings (SSSR count). The first-order chi connectivity index (χ1) is 11.1. The van der Waals surface area contributed by atoms with Crippen LogP contribution in [0.1, 0.15) is 11.1 Å². The number of hydrogen-bond acceptors (Lipinski definition) is 4. The molecule has 0 saturated heterocycles. The summed E-state index contributed by atoms with van der Waals surface area (Å²) >= 11 is 3.06. The van der Waals surface area contributed by atoms with Crippen molar-refractivity contribution in [1.29, 1.82) is 5.26 Å². The maximum atomic E-state index is 13.1. The highest BCUT2D eigenvalue weighted by molar-refractivity contribution is 9.10. The fraction of sp³-hybridized carbons (Fsp3) is 0.0625. The van der Waals surface area contributed by atoms with Gasteiger partial charge in [0.05, 0.1) is 22.3 Å². The smallest absolute Gasteiger partial charge is 0.277 e. The summed E-state index contributed by atoms with van der Waals surface area (Å²) in [7, 11) is 0. The van der Waals surface area contributed by atoms with Crippen molar-refractivity contribution in [2.75, 3.05) is 6.61 Å². The molecule has 7 heteroatoms. The number of amides is 1. The Morgan fingerprint density at radius 2 is 2.09 bits per heavy atom. The SMILES string of the molecule is N#Cc1ccc(OCC(=O)N/N=C\c2ccc(F)c(Br)c2)cc1. The van der Waals surface area contributed by atoms with Crippen molar-refractivity contribution in [2.45, 2.75) is 0 Å². The lowest BCUT2D eigenvalue weighted by Crippen LogP contribution is -2.24. The number of halogens is 2. The fourth-order valence-corrected chi connectivity index (χ4v) is 1.97. The summed E-state index contributed by atoms with van der Waals surface area (Å²) < 4.78 is 18.6. The molecular formula is C16H11BrFN3O2. The van der Waals surface area contributed by atoms with Gasteiger partial charge in [-0.1, -0.05) is 6.07 Å². The van der Waals surface area contributed by atoms with E-state index in [-0.39, 0.29) is 12.4 Å². The number of nitrogens with zero attached hydrogens (tertiary/aromatic N) is 2. The predicted molar refractivity (Wildman–Crippen MR) is 86.5 cm³/mol. The number of benzene rings is 2. The summed E-state index contributed by atoms with van der Waals surface area (Å²) in [5, 5.41) is 12.4. The largest absolute Gasteiger partial charge is 0.484 e. The third-order valence-electron chi connectivity index (χ3n) is 2.70. The maximum Gasteiger partial charge on any atom is 0.277 e. The monoisotopic (exact) mass is 375 g/mol. The molecule has 0 bridgehead atoms. The zero-order valence-corrected chi connectivity index (χ0v) is 13.4. The van der Waals surface area contributed by atoms with Crippen LogP contribution in [0.5, 0.6) is 5.75 Å². The molecule has 0 fully saturated rings. The van der Waals surface area contributed by atoms with Crippen LogP contribution in [0.3, 0.4) is 0 Å². The van der Waals surface area contributed by atoms with Gasteiger partial charge in [0, 0.05) is 0 Å². The molecule has 0 saturated carbocycles. The van der Waals surface area contributed by atoms with Gasteiger partial charge in [0.1, 0.15) is 11.6 Å². The van der Waals surface area contributed by atoms with Crippen LogP contribution in [0, 0.1) is 17.1 Å². The Hall–Kier alpha value is -2.72. The number of carbonyl (C=O) groups is 1. The molecule has 23 heavy (non-hydrogen) atoms. The standard InChI is InChI=1S/C16H11BrFN3O2/c17-14-7-12(3-6-15(14)18)9-20-21-16(22)10-23-13-4-1-11(8-19)2-5-13/h1-7,9H,10H2,(H,21,22)/b20-9-. The number of ether oxygens (including phenoxy) is 1. The Morgan fingerprint density at radius 3 is 2.74 bits per heavy atom. The van der Waals surface area contributed by atoms with Gasteiger partial charge in [-0.15, -0.1) is 0 Å². The number of nitrogens with one attached hydrogen (secondary N) is 1. The minimum atomic E-state index is -0.438. The molecule has 0 atom stereocenters. The molecule has 1 amide bonds. The first-order valence-electron chi connectivity index (χ1n) is 6.48. The second kappa shape index (κ2) is 8.06. The predicted octanol–water partition coefficient (Wildman–Crippen LogP) is 2.99. The van der Waals surface area contributed by atoms with Gasteiger partial charge in [0.15, 0.2) is 6.61 Å². The van der Waals surface area contributed by atoms with Gasteiger partial charge in [0.2, 0.25) is 0 Å². The molecule has 0 radical (unpaired) electrons. The van der Waals surface area contributed by atoms with Crippen LogP contribution in [0.4, 0.5) is 4.39 Å². The van der Waals surface area contributed by atoms with Crippen molar-refractivity contribution in [1.82, 2.24) is 5.43 Å². The van der Waals surface area contributed by atoms with Crippen LogP contribution < -0.4 is 10.2 Å². The van der Waals surface area contributed by atoms with Crippen LogP contribution in [-0.2, 0) is 4.79 Å². The van der Waals surface area contributed by atoms with E-state index in [4.69, 9.17) is 10.00 Å². The second-order valence-electron chi connectivity index (χ2n) is 4.39. The summed E-state index contributed by atoms with van der Waals surface area (Å²) in [4.78, 5) is 11.6. The van der Waals surface area contributed by atoms with Gasteiger partial charge in [-0.3, -0.25) is 4.79 Å². The van der Waals surface area contributed by atoms with Gasteiger partial charge < -0.3 is 4.74 Å². The number of carbonyl (C=O) groups excluding carboxylic acids is 1. The number of rotatable bonds is 5. The van der Waals surface area contributed by atoms with Gasteiger partial charge >= 0.3 is 0 Å². The molecule has 0 aliphatic carbocycles. The Balaban J connectivity index is 1.81. The molecule has 5 nitrogen and oxygen atoms in total. The third kappa shape index (κ3) is 5.20. The average molecular weight is 376 g/mol. The van der Waals surface area contributed by atoms with Crippen LogP contribution >= 0.6 is 15.9 Å². The molecule has 0 unspecified atom stereocenters. The minimum absolute atomic E-state index is 0.212. The summed E-state index contributed by atoms with van der Waals surface area (Å²) in [6, 6.07) is 12.7. The lowest BCUT2D eigenvalue weighted by molar-refractivity contribution is -0.123. The maximum absolute atomic E-state index is 13.1. The first-order valence-corrected chi connectivity index (χ1v) is 7.27. The highest BCUT2D eigenvalue weighted by Gasteiger charge is 2.02. The topological polar surface area (TPSA) is 74.5 Å². The molecule has 0 heterocycles. The van der Waals surface area contributed by atoms with E-state index in [9.17, 15) is 9.18 Å². The van der Waals surface area contributed by atoms with Crippen LogP contribution in [0.2, 0.25) is 0 Å². The highest BCUT2D eigenvalue weighted by atomic mass is 79.9. The highest BCUT2D eigenvalue weighted by Crippen LogP contribution is 2.15. The molecule has 0 spiro atoms. The Bertz CT molecular complexity index is 770. The van der Waals surface area contributed by atoms with Gasteiger partial charge in [-0.05, 0) is 57.9 Å². The summed E-state index contributed by atoms with van der Waals surface area (Å²) in [6.45, 7) is -0.212. The van der Waals surface area contributed by atoms with Crippen molar-refractivity contribution in [3.05, 3.63) is 63.9 Å². The zero-order chi connectivity index (χ0) is 16.7. The molecule has 0 aliphatic heterocycles. The molecule has 2 aromatic rings. The van der Waals surface area contributed by atoms with Crippen molar-refractivity contribution in [3.63, 3.8) is 0 Å². The Morgan fingerprint density at radius 1 is 1.35 bits per heavy atom. The van der Waals surface area contributed by atoms with Gasteiger partial charge in [0.25, 0.3) is 5.91 Å². The fourth-order valence-electron chi connectivity index (χ4n) is 1.58. The second-order valence-corrected chi connectivity index (χ2v) is 5.25. The lowest BCUT2D eigenvalue weighted by atomic mass is 10.2. The molecular weight excluding hydrogens is 365 g/mol. The lowest BCUT2D eigenvalue weighted by Gasteiger charge is -2.04.